The fourth-order valence-corrected chi connectivity index (χ4v) is 3.18. The highest BCUT2D eigenvalue weighted by atomic mass is 16.5. The summed E-state index contributed by atoms with van der Waals surface area (Å²) in [5.74, 6) is 3.43. The molecule has 6 nitrogen and oxygen atoms in total. The first-order valence-corrected chi connectivity index (χ1v) is 8.67. The molecular weight excluding hydrogens is 304 g/mol. The largest absolute Gasteiger partial charge is 0.484 e. The van der Waals surface area contributed by atoms with Crippen LogP contribution >= 0.6 is 0 Å². The van der Waals surface area contributed by atoms with E-state index >= 15 is 0 Å². The van der Waals surface area contributed by atoms with E-state index in [0.29, 0.717) is 12.5 Å². The van der Waals surface area contributed by atoms with Crippen molar-refractivity contribution in [2.45, 2.75) is 37.5 Å². The first-order valence-electron chi connectivity index (χ1n) is 8.67. The van der Waals surface area contributed by atoms with Gasteiger partial charge >= 0.3 is 0 Å². The second-order valence-electron chi connectivity index (χ2n) is 6.63. The maximum atomic E-state index is 12.4. The summed E-state index contributed by atoms with van der Waals surface area (Å²) in [6.45, 7) is 1.55. The lowest BCUT2D eigenvalue weighted by Crippen LogP contribution is -2.41. The van der Waals surface area contributed by atoms with Crippen LogP contribution in [0.15, 0.2) is 30.3 Å². The summed E-state index contributed by atoms with van der Waals surface area (Å²) in [4.78, 5) is 19.0. The van der Waals surface area contributed by atoms with Crippen molar-refractivity contribution in [1.82, 2.24) is 20.1 Å². The number of amides is 1. The lowest BCUT2D eigenvalue weighted by atomic mass is 9.97. The molecular formula is C18H22N4O2. The van der Waals surface area contributed by atoms with Crippen LogP contribution in [0.1, 0.15) is 49.2 Å². The van der Waals surface area contributed by atoms with Gasteiger partial charge in [0.2, 0.25) is 0 Å². The molecule has 2 heterocycles. The Kier molecular flexibility index (Phi) is 4.19. The highest BCUT2D eigenvalue weighted by molar-refractivity contribution is 5.78. The van der Waals surface area contributed by atoms with Gasteiger partial charge in [-0.25, -0.2) is 4.98 Å². The third-order valence-corrected chi connectivity index (χ3v) is 4.73. The molecule has 0 radical (unpaired) electrons. The molecule has 1 aliphatic carbocycles. The molecule has 1 amide bonds. The number of piperidine rings is 1. The topological polar surface area (TPSA) is 71.1 Å². The number of aromatic nitrogens is 3. The van der Waals surface area contributed by atoms with Crippen LogP contribution in [0.2, 0.25) is 0 Å². The van der Waals surface area contributed by atoms with Crippen LogP contribution < -0.4 is 4.74 Å². The van der Waals surface area contributed by atoms with Crippen molar-refractivity contribution < 1.29 is 9.53 Å². The predicted molar refractivity (Wildman–Crippen MR) is 88.8 cm³/mol. The minimum Gasteiger partial charge on any atom is -0.484 e. The average Bonchev–Trinajstić information content (AvgIpc) is 3.37. The monoisotopic (exact) mass is 326 g/mol. The molecule has 1 aromatic carbocycles. The zero-order valence-electron chi connectivity index (χ0n) is 13.6. The summed E-state index contributed by atoms with van der Waals surface area (Å²) < 4.78 is 5.58. The first-order chi connectivity index (χ1) is 11.8. The summed E-state index contributed by atoms with van der Waals surface area (Å²) in [7, 11) is 0. The molecule has 6 heteroatoms. The van der Waals surface area contributed by atoms with Gasteiger partial charge in [-0.15, -0.1) is 0 Å². The summed E-state index contributed by atoms with van der Waals surface area (Å²) in [6.07, 6.45) is 4.43. The molecule has 2 aromatic rings. The van der Waals surface area contributed by atoms with Gasteiger partial charge in [0.05, 0.1) is 0 Å². The normalized spacial score (nSPS) is 20.8. The van der Waals surface area contributed by atoms with Crippen molar-refractivity contribution >= 4 is 5.91 Å². The number of benzene rings is 1. The van der Waals surface area contributed by atoms with E-state index in [1.165, 1.54) is 12.8 Å². The van der Waals surface area contributed by atoms with E-state index in [1.54, 1.807) is 0 Å². The Morgan fingerprint density at radius 2 is 2.04 bits per heavy atom. The van der Waals surface area contributed by atoms with Gasteiger partial charge in [-0.3, -0.25) is 9.89 Å². The van der Waals surface area contributed by atoms with Crippen molar-refractivity contribution in [3.8, 4) is 5.75 Å². The molecule has 1 aliphatic heterocycles. The number of hydrogen-bond donors (Lipinski definition) is 1. The Hall–Kier alpha value is -2.37. The van der Waals surface area contributed by atoms with Crippen LogP contribution in [0.25, 0.3) is 0 Å². The van der Waals surface area contributed by atoms with Gasteiger partial charge in [-0.1, -0.05) is 18.2 Å². The molecule has 1 N–H and O–H groups in total. The molecule has 1 unspecified atom stereocenters. The van der Waals surface area contributed by atoms with Crippen LogP contribution in [0.4, 0.5) is 0 Å². The Morgan fingerprint density at radius 3 is 2.83 bits per heavy atom. The van der Waals surface area contributed by atoms with Gasteiger partial charge in [0.15, 0.2) is 12.4 Å². The van der Waals surface area contributed by atoms with Crippen molar-refractivity contribution in [3.63, 3.8) is 0 Å². The van der Waals surface area contributed by atoms with Crippen LogP contribution in [0.5, 0.6) is 5.75 Å². The zero-order chi connectivity index (χ0) is 16.4. The third-order valence-electron chi connectivity index (χ3n) is 4.73. The number of nitrogens with zero attached hydrogens (tertiary/aromatic N) is 3. The lowest BCUT2D eigenvalue weighted by molar-refractivity contribution is -0.134. The maximum Gasteiger partial charge on any atom is 0.260 e. The average molecular weight is 326 g/mol. The molecule has 126 valence electrons. The Morgan fingerprint density at radius 1 is 1.21 bits per heavy atom. The molecule has 1 saturated carbocycles. The minimum atomic E-state index is 0.0292. The van der Waals surface area contributed by atoms with Gasteiger partial charge in [0, 0.05) is 24.9 Å². The number of aromatic amines is 1. The van der Waals surface area contributed by atoms with Crippen LogP contribution in [-0.4, -0.2) is 45.7 Å². The molecule has 0 bridgehead atoms. The standard InChI is InChI=1S/C18H22N4O2/c23-16(12-24-15-6-2-1-3-7-15)22-10-4-5-14(11-22)18-19-17(20-21-18)13-8-9-13/h1-3,6-7,13-14H,4-5,8-12H2,(H,19,20,21). The van der Waals surface area contributed by atoms with Crippen molar-refractivity contribution in [3.05, 3.63) is 42.0 Å². The molecule has 0 spiro atoms. The van der Waals surface area contributed by atoms with Crippen molar-refractivity contribution in [2.75, 3.05) is 19.7 Å². The molecule has 1 saturated heterocycles. The fraction of sp³-hybridized carbons (Fsp3) is 0.500. The number of ether oxygens (including phenoxy) is 1. The van der Waals surface area contributed by atoms with Crippen LogP contribution in [0, 0.1) is 0 Å². The zero-order valence-corrected chi connectivity index (χ0v) is 13.6. The van der Waals surface area contributed by atoms with Gasteiger partial charge in [-0.2, -0.15) is 5.10 Å². The highest BCUT2D eigenvalue weighted by Gasteiger charge is 2.31. The van der Waals surface area contributed by atoms with E-state index in [0.717, 1.165) is 36.8 Å². The number of carbonyl (C=O) groups excluding carboxylic acids is 1. The predicted octanol–water partition coefficient (Wildman–Crippen LogP) is 2.47. The summed E-state index contributed by atoms with van der Waals surface area (Å²) in [5, 5.41) is 7.45. The molecule has 1 aromatic heterocycles. The third kappa shape index (κ3) is 3.42. The number of likely N-dealkylation sites (tertiary alicyclic amines) is 1. The van der Waals surface area contributed by atoms with Gasteiger partial charge in [0.25, 0.3) is 5.91 Å². The van der Waals surface area contributed by atoms with E-state index in [9.17, 15) is 4.79 Å². The van der Waals surface area contributed by atoms with Crippen molar-refractivity contribution in [1.29, 1.82) is 0 Å². The minimum absolute atomic E-state index is 0.0292. The smallest absolute Gasteiger partial charge is 0.260 e. The first kappa shape index (κ1) is 15.2. The number of para-hydroxylation sites is 1. The summed E-state index contributed by atoms with van der Waals surface area (Å²) in [5.41, 5.74) is 0. The van der Waals surface area contributed by atoms with E-state index in [1.807, 2.05) is 35.2 Å². The second kappa shape index (κ2) is 6.63. The number of nitrogens with one attached hydrogen (secondary N) is 1. The molecule has 24 heavy (non-hydrogen) atoms. The quantitative estimate of drug-likeness (QED) is 0.916. The number of hydrogen-bond acceptors (Lipinski definition) is 4. The van der Waals surface area contributed by atoms with Crippen LogP contribution in [-0.2, 0) is 4.79 Å². The highest BCUT2D eigenvalue weighted by Crippen LogP contribution is 2.38. The second-order valence-corrected chi connectivity index (χ2v) is 6.63. The van der Waals surface area contributed by atoms with E-state index in [-0.39, 0.29) is 18.4 Å². The maximum absolute atomic E-state index is 12.4. The van der Waals surface area contributed by atoms with Gasteiger partial charge in [-0.05, 0) is 37.8 Å². The Balaban J connectivity index is 1.34. The van der Waals surface area contributed by atoms with Gasteiger partial charge < -0.3 is 9.64 Å². The summed E-state index contributed by atoms with van der Waals surface area (Å²) >= 11 is 0. The van der Waals surface area contributed by atoms with Gasteiger partial charge in [0.1, 0.15) is 11.6 Å². The Labute approximate surface area is 141 Å². The molecule has 1 atom stereocenters. The SMILES string of the molecule is O=C(COc1ccccc1)N1CCCC(c2n[nH]c(C3CC3)n2)C1. The van der Waals surface area contributed by atoms with Crippen molar-refractivity contribution in [2.24, 2.45) is 0 Å². The van der Waals surface area contributed by atoms with E-state index in [4.69, 9.17) is 4.74 Å². The molecule has 2 aliphatic rings. The van der Waals surface area contributed by atoms with E-state index in [2.05, 4.69) is 15.2 Å². The number of H-pyrrole nitrogens is 1. The summed E-state index contributed by atoms with van der Waals surface area (Å²) in [6, 6.07) is 9.45. The number of rotatable bonds is 5. The number of carbonyl (C=O) groups is 1. The Bertz CT molecular complexity index is 696. The van der Waals surface area contributed by atoms with E-state index < -0.39 is 0 Å². The lowest BCUT2D eigenvalue weighted by Gasteiger charge is -2.31. The van der Waals surface area contributed by atoms with Crippen LogP contribution in [0.3, 0.4) is 0 Å². The molecule has 4 rings (SSSR count). The fourth-order valence-electron chi connectivity index (χ4n) is 3.18. The molecule has 2 fully saturated rings.